The Hall–Kier alpha value is -1.25. The summed E-state index contributed by atoms with van der Waals surface area (Å²) >= 11 is 6.14. The normalized spacial score (nSPS) is 12.6. The Morgan fingerprint density at radius 3 is 2.79 bits per heavy atom. The summed E-state index contributed by atoms with van der Waals surface area (Å²) in [6.07, 6.45) is 1.17. The molecule has 2 aromatic rings. The molecule has 0 amide bonds. The van der Waals surface area contributed by atoms with Gasteiger partial charge in [0, 0.05) is 10.6 Å². The second-order valence-corrected chi connectivity index (χ2v) is 5.41. The van der Waals surface area contributed by atoms with Crippen LogP contribution in [0.25, 0.3) is 11.3 Å². The maximum atomic E-state index is 6.14. The fraction of sp³-hybridized carbons (Fsp3) is 0.375. The minimum atomic E-state index is 0.626. The number of benzene rings is 1. The van der Waals surface area contributed by atoms with E-state index in [0.29, 0.717) is 6.04 Å². The van der Waals surface area contributed by atoms with Crippen LogP contribution in [0, 0.1) is 6.92 Å². The monoisotopic (exact) mass is 278 g/mol. The molecule has 2 N–H and O–H groups in total. The number of hydrogen-bond acceptors (Lipinski definition) is 1. The average molecular weight is 279 g/mol. The minimum absolute atomic E-state index is 0.626. The Kier molecular flexibility index (Phi) is 4.67. The van der Waals surface area contributed by atoms with Gasteiger partial charge in [-0.25, -0.2) is 0 Å². The molecule has 0 radical (unpaired) electrons. The Bertz CT molecular complexity index is 547. The Morgan fingerprint density at radius 1 is 1.26 bits per heavy atom. The van der Waals surface area contributed by atoms with Gasteiger partial charge in [-0.3, -0.25) is 0 Å². The summed E-state index contributed by atoms with van der Waals surface area (Å²) in [4.78, 5) is 0. The Labute approximate surface area is 119 Å². The fourth-order valence-corrected chi connectivity index (χ4v) is 2.17. The zero-order valence-corrected chi connectivity index (χ0v) is 12.5. The minimum Gasteiger partial charge on any atom is -0.455 e. The molecule has 0 saturated heterocycles. The molecule has 1 heterocycles. The van der Waals surface area contributed by atoms with E-state index < -0.39 is 0 Å². The van der Waals surface area contributed by atoms with Gasteiger partial charge in [0.25, 0.3) is 0 Å². The molecular formula is C16H21ClNO+. The van der Waals surface area contributed by atoms with E-state index in [1.165, 1.54) is 6.42 Å². The first kappa shape index (κ1) is 14.2. The molecule has 0 saturated carbocycles. The molecule has 0 unspecified atom stereocenters. The van der Waals surface area contributed by atoms with Gasteiger partial charge in [0.15, 0.2) is 5.76 Å². The SMILES string of the molecule is CC[C@H](C)[NH2+]Cc1ccc(-c2cccc(Cl)c2C)o1. The second-order valence-electron chi connectivity index (χ2n) is 5.00. The summed E-state index contributed by atoms with van der Waals surface area (Å²) in [5.41, 5.74) is 2.14. The van der Waals surface area contributed by atoms with Crippen LogP contribution in [0.5, 0.6) is 0 Å². The maximum Gasteiger partial charge on any atom is 0.158 e. The number of furan rings is 1. The largest absolute Gasteiger partial charge is 0.455 e. The first-order valence-corrected chi connectivity index (χ1v) is 7.17. The van der Waals surface area contributed by atoms with E-state index in [2.05, 4.69) is 25.2 Å². The summed E-state index contributed by atoms with van der Waals surface area (Å²) in [6, 6.07) is 10.6. The third kappa shape index (κ3) is 3.40. The lowest BCUT2D eigenvalue weighted by molar-refractivity contribution is -0.703. The summed E-state index contributed by atoms with van der Waals surface area (Å²) in [7, 11) is 0. The molecule has 0 spiro atoms. The molecule has 0 fully saturated rings. The highest BCUT2D eigenvalue weighted by atomic mass is 35.5. The predicted octanol–water partition coefficient (Wildman–Crippen LogP) is 3.77. The molecule has 1 aromatic heterocycles. The van der Waals surface area contributed by atoms with Crippen LogP contribution < -0.4 is 5.32 Å². The lowest BCUT2D eigenvalue weighted by Crippen LogP contribution is -2.87. The van der Waals surface area contributed by atoms with Crippen molar-refractivity contribution in [3.05, 3.63) is 46.7 Å². The van der Waals surface area contributed by atoms with Gasteiger partial charge in [-0.1, -0.05) is 30.7 Å². The Balaban J connectivity index is 2.14. The third-order valence-electron chi connectivity index (χ3n) is 3.56. The topological polar surface area (TPSA) is 29.8 Å². The molecule has 2 rings (SSSR count). The van der Waals surface area contributed by atoms with Crippen LogP contribution in [-0.2, 0) is 6.54 Å². The van der Waals surface area contributed by atoms with Crippen LogP contribution in [0.2, 0.25) is 5.02 Å². The number of hydrogen-bond donors (Lipinski definition) is 1. The molecule has 0 aliphatic rings. The Morgan fingerprint density at radius 2 is 2.05 bits per heavy atom. The van der Waals surface area contributed by atoms with Crippen LogP contribution in [0.3, 0.4) is 0 Å². The molecule has 2 nitrogen and oxygen atoms in total. The van der Waals surface area contributed by atoms with E-state index in [4.69, 9.17) is 16.0 Å². The molecule has 102 valence electrons. The van der Waals surface area contributed by atoms with Gasteiger partial charge in [0.2, 0.25) is 0 Å². The first-order valence-electron chi connectivity index (χ1n) is 6.79. The summed E-state index contributed by atoms with van der Waals surface area (Å²) in [5.74, 6) is 1.90. The van der Waals surface area contributed by atoms with Crippen molar-refractivity contribution in [1.82, 2.24) is 0 Å². The van der Waals surface area contributed by atoms with E-state index in [0.717, 1.165) is 34.2 Å². The van der Waals surface area contributed by atoms with E-state index >= 15 is 0 Å². The lowest BCUT2D eigenvalue weighted by Gasteiger charge is -2.06. The predicted molar refractivity (Wildman–Crippen MR) is 79.3 cm³/mol. The molecular weight excluding hydrogens is 258 g/mol. The number of quaternary nitrogens is 1. The fourth-order valence-electron chi connectivity index (χ4n) is 1.99. The van der Waals surface area contributed by atoms with Crippen LogP contribution in [0.4, 0.5) is 0 Å². The maximum absolute atomic E-state index is 6.14. The van der Waals surface area contributed by atoms with Gasteiger partial charge in [0.05, 0.1) is 6.04 Å². The van der Waals surface area contributed by atoms with Gasteiger partial charge in [0.1, 0.15) is 12.3 Å². The van der Waals surface area contributed by atoms with Crippen LogP contribution in [0.1, 0.15) is 31.6 Å². The van der Waals surface area contributed by atoms with Crippen molar-refractivity contribution in [2.75, 3.05) is 0 Å². The smallest absolute Gasteiger partial charge is 0.158 e. The highest BCUT2D eigenvalue weighted by Crippen LogP contribution is 2.29. The van der Waals surface area contributed by atoms with Gasteiger partial charge in [-0.15, -0.1) is 0 Å². The summed E-state index contributed by atoms with van der Waals surface area (Å²) in [6.45, 7) is 7.33. The highest BCUT2D eigenvalue weighted by Gasteiger charge is 2.11. The van der Waals surface area contributed by atoms with Gasteiger partial charge < -0.3 is 9.73 Å². The molecule has 0 aliphatic heterocycles. The van der Waals surface area contributed by atoms with Crippen molar-refractivity contribution in [3.63, 3.8) is 0 Å². The summed E-state index contributed by atoms with van der Waals surface area (Å²) in [5, 5.41) is 3.08. The molecule has 0 bridgehead atoms. The number of rotatable bonds is 5. The standard InChI is InChI=1S/C16H20ClNO/c1-4-11(2)18-10-13-8-9-16(19-13)14-6-5-7-15(17)12(14)3/h5-9,11,18H,4,10H2,1-3H3/p+1/t11-/m0/s1. The van der Waals surface area contributed by atoms with Crippen molar-refractivity contribution < 1.29 is 9.73 Å². The zero-order valence-electron chi connectivity index (χ0n) is 11.7. The van der Waals surface area contributed by atoms with Crippen molar-refractivity contribution in [3.8, 4) is 11.3 Å². The lowest BCUT2D eigenvalue weighted by atomic mass is 10.1. The van der Waals surface area contributed by atoms with E-state index in [9.17, 15) is 0 Å². The molecule has 1 atom stereocenters. The van der Waals surface area contributed by atoms with Gasteiger partial charge >= 0.3 is 0 Å². The molecule has 3 heteroatoms. The van der Waals surface area contributed by atoms with Crippen molar-refractivity contribution in [2.24, 2.45) is 0 Å². The third-order valence-corrected chi connectivity index (χ3v) is 3.97. The second kappa shape index (κ2) is 6.27. The van der Waals surface area contributed by atoms with Crippen LogP contribution >= 0.6 is 11.6 Å². The molecule has 19 heavy (non-hydrogen) atoms. The van der Waals surface area contributed by atoms with Crippen molar-refractivity contribution in [1.29, 1.82) is 0 Å². The first-order chi connectivity index (χ1) is 9.11. The summed E-state index contributed by atoms with van der Waals surface area (Å²) < 4.78 is 5.91. The van der Waals surface area contributed by atoms with E-state index in [-0.39, 0.29) is 0 Å². The van der Waals surface area contributed by atoms with Crippen molar-refractivity contribution in [2.45, 2.75) is 39.8 Å². The molecule has 1 aromatic carbocycles. The van der Waals surface area contributed by atoms with E-state index in [1.54, 1.807) is 0 Å². The number of halogens is 1. The average Bonchev–Trinajstić information content (AvgIpc) is 2.87. The highest BCUT2D eigenvalue weighted by molar-refractivity contribution is 6.31. The van der Waals surface area contributed by atoms with E-state index in [1.807, 2.05) is 31.2 Å². The van der Waals surface area contributed by atoms with Gasteiger partial charge in [-0.2, -0.15) is 0 Å². The van der Waals surface area contributed by atoms with Crippen LogP contribution in [-0.4, -0.2) is 6.04 Å². The van der Waals surface area contributed by atoms with Gasteiger partial charge in [-0.05, 0) is 44.0 Å². The number of nitrogens with two attached hydrogens (primary N) is 1. The van der Waals surface area contributed by atoms with Crippen LogP contribution in [0.15, 0.2) is 34.7 Å². The van der Waals surface area contributed by atoms with Crippen molar-refractivity contribution >= 4 is 11.6 Å². The quantitative estimate of drug-likeness (QED) is 0.886. The zero-order chi connectivity index (χ0) is 13.8. The molecule has 0 aliphatic carbocycles.